The maximum absolute atomic E-state index is 7.63. The van der Waals surface area contributed by atoms with Crippen molar-refractivity contribution in [2.45, 2.75) is 201 Å². The Kier molecular flexibility index (Phi) is 30.7. The van der Waals surface area contributed by atoms with Crippen molar-refractivity contribution >= 4 is 38.4 Å². The van der Waals surface area contributed by atoms with Crippen molar-refractivity contribution in [3.63, 3.8) is 0 Å². The van der Waals surface area contributed by atoms with E-state index in [-0.39, 0.29) is 0 Å². The molecule has 39 heavy (non-hydrogen) atoms. The van der Waals surface area contributed by atoms with Gasteiger partial charge in [-0.25, -0.2) is 0 Å². The molecular formula is C34H74O3Sn2. The summed E-state index contributed by atoms with van der Waals surface area (Å²) >= 11 is -6.38. The molecule has 2 unspecified atom stereocenters. The van der Waals surface area contributed by atoms with E-state index in [0.29, 0.717) is 0 Å². The molecule has 0 aromatic heterocycles. The first-order valence-electron chi connectivity index (χ1n) is 18.1. The fourth-order valence-corrected chi connectivity index (χ4v) is 47.7. The van der Waals surface area contributed by atoms with Gasteiger partial charge >= 0.3 is 260 Å². The normalized spacial score (nSPS) is 14.9. The molecule has 0 aromatic carbocycles. The fourth-order valence-electron chi connectivity index (χ4n) is 5.78. The van der Waals surface area contributed by atoms with Crippen molar-refractivity contribution in [3.8, 4) is 0 Å². The van der Waals surface area contributed by atoms with Gasteiger partial charge in [0.2, 0.25) is 0 Å². The van der Waals surface area contributed by atoms with Crippen LogP contribution in [0.15, 0.2) is 0 Å². The minimum absolute atomic E-state index is 0.939. The average molecular weight is 768 g/mol. The molecule has 2 atom stereocenters. The Labute approximate surface area is 258 Å². The van der Waals surface area contributed by atoms with E-state index < -0.39 is 38.4 Å². The van der Waals surface area contributed by atoms with Gasteiger partial charge in [-0.1, -0.05) is 0 Å². The van der Waals surface area contributed by atoms with Crippen LogP contribution in [0.5, 0.6) is 0 Å². The monoisotopic (exact) mass is 770 g/mol. The van der Waals surface area contributed by atoms with Gasteiger partial charge in [-0.15, -0.1) is 0 Å². The number of unbranched alkanes of at least 4 members (excludes halogenated alkanes) is 16. The zero-order chi connectivity index (χ0) is 28.9. The van der Waals surface area contributed by atoms with Crippen LogP contribution in [0.1, 0.15) is 183 Å². The summed E-state index contributed by atoms with van der Waals surface area (Å²) in [6.45, 7) is 15.9. The van der Waals surface area contributed by atoms with Gasteiger partial charge in [-0.2, -0.15) is 0 Å². The standard InChI is InChI=1S/2C10H21O.2C4H9.2C3H7.O.2Sn/c2*1-2-3-4-5-6-7-8-9-10-11;2*1-3-4-2;2*1-3-2;;;/h2*2-10H2,1H3;2*1,3-4H2,2H3;2*1,3H2,2H3;;;/q2*-1;;;;;;2*+1. The van der Waals surface area contributed by atoms with Crippen LogP contribution in [0.2, 0.25) is 17.7 Å². The Hall–Kier alpha value is 1.48. The molecule has 0 spiro atoms. The summed E-state index contributed by atoms with van der Waals surface area (Å²) in [4.78, 5) is 0. The van der Waals surface area contributed by atoms with Crippen molar-refractivity contribution in [2.24, 2.45) is 0 Å². The van der Waals surface area contributed by atoms with Crippen molar-refractivity contribution in [3.05, 3.63) is 0 Å². The fraction of sp³-hybridized carbons (Fsp3) is 1.00. The first-order valence-corrected chi connectivity index (χ1v) is 30.8. The van der Waals surface area contributed by atoms with Crippen LogP contribution in [0.3, 0.4) is 0 Å². The van der Waals surface area contributed by atoms with E-state index in [0.717, 1.165) is 13.2 Å². The van der Waals surface area contributed by atoms with Crippen LogP contribution in [0.25, 0.3) is 0 Å². The molecule has 0 aromatic rings. The summed E-state index contributed by atoms with van der Waals surface area (Å²) in [6.07, 6.45) is 29.2. The third-order valence-corrected chi connectivity index (χ3v) is 42.3. The third kappa shape index (κ3) is 22.7. The molecule has 0 radical (unpaired) electrons. The summed E-state index contributed by atoms with van der Waals surface area (Å²) in [6, 6.07) is 0. The predicted octanol–water partition coefficient (Wildman–Crippen LogP) is 12.6. The molecule has 0 aliphatic carbocycles. The second-order valence-corrected chi connectivity index (χ2v) is 34.5. The molecular weight excluding hydrogens is 694 g/mol. The third-order valence-electron chi connectivity index (χ3n) is 8.18. The van der Waals surface area contributed by atoms with Gasteiger partial charge in [0.1, 0.15) is 0 Å². The Balaban J connectivity index is 5.15. The summed E-state index contributed by atoms with van der Waals surface area (Å²) in [5.41, 5.74) is 0. The topological polar surface area (TPSA) is 27.7 Å². The molecule has 0 rings (SSSR count). The average Bonchev–Trinajstić information content (AvgIpc) is 2.93. The Morgan fingerprint density at radius 3 is 0.923 bits per heavy atom. The Bertz CT molecular complexity index is 451. The van der Waals surface area contributed by atoms with Crippen LogP contribution in [0.4, 0.5) is 0 Å². The molecule has 0 aliphatic heterocycles. The van der Waals surface area contributed by atoms with Crippen LogP contribution in [-0.2, 0) is 7.56 Å². The molecule has 0 fully saturated rings. The van der Waals surface area contributed by atoms with Gasteiger partial charge < -0.3 is 0 Å². The van der Waals surface area contributed by atoms with Crippen molar-refractivity contribution in [1.82, 2.24) is 0 Å². The second kappa shape index (κ2) is 29.5. The van der Waals surface area contributed by atoms with E-state index >= 15 is 0 Å². The van der Waals surface area contributed by atoms with Crippen molar-refractivity contribution < 1.29 is 7.56 Å². The molecule has 236 valence electrons. The van der Waals surface area contributed by atoms with Gasteiger partial charge in [0.25, 0.3) is 0 Å². The number of rotatable bonds is 32. The Morgan fingerprint density at radius 2 is 0.615 bits per heavy atom. The van der Waals surface area contributed by atoms with E-state index in [1.54, 1.807) is 0 Å². The first-order chi connectivity index (χ1) is 19.1. The molecule has 0 amide bonds. The van der Waals surface area contributed by atoms with E-state index in [9.17, 15) is 0 Å². The first kappa shape index (κ1) is 40.5. The van der Waals surface area contributed by atoms with E-state index in [2.05, 4.69) is 41.5 Å². The van der Waals surface area contributed by atoms with Crippen LogP contribution >= 0.6 is 0 Å². The maximum atomic E-state index is 7.63. The van der Waals surface area contributed by atoms with E-state index in [1.807, 2.05) is 0 Å². The molecule has 0 saturated carbocycles. The number of hydrogen-bond donors (Lipinski definition) is 0. The van der Waals surface area contributed by atoms with Crippen molar-refractivity contribution in [2.75, 3.05) is 13.2 Å². The zero-order valence-corrected chi connectivity index (χ0v) is 33.7. The minimum atomic E-state index is -3.19. The molecule has 5 heteroatoms. The molecule has 0 heterocycles. The van der Waals surface area contributed by atoms with Gasteiger partial charge in [-0.3, -0.25) is 0 Å². The number of hydrogen-bond acceptors (Lipinski definition) is 3. The quantitative estimate of drug-likeness (QED) is 0.0504. The van der Waals surface area contributed by atoms with Crippen molar-refractivity contribution in [1.29, 1.82) is 0 Å². The Morgan fingerprint density at radius 1 is 0.308 bits per heavy atom. The second-order valence-electron chi connectivity index (χ2n) is 12.3. The molecule has 0 saturated heterocycles. The molecule has 0 N–H and O–H groups in total. The zero-order valence-electron chi connectivity index (χ0n) is 28.0. The molecule has 3 nitrogen and oxygen atoms in total. The van der Waals surface area contributed by atoms with Crippen LogP contribution in [0, 0.1) is 0 Å². The van der Waals surface area contributed by atoms with Gasteiger partial charge in [0.05, 0.1) is 0 Å². The summed E-state index contributed by atoms with van der Waals surface area (Å²) < 4.78 is 26.7. The molecule has 0 bridgehead atoms. The summed E-state index contributed by atoms with van der Waals surface area (Å²) in [5, 5.41) is 0. The SMILES string of the molecule is CCCCCCCCCC[O][Sn]([CH2]CC)([CH2]CCC)[O][Sn]([CH2]CC)([CH2]CCC)[O]CCCCCCCCCC. The van der Waals surface area contributed by atoms with Gasteiger partial charge in [-0.05, 0) is 0 Å². The van der Waals surface area contributed by atoms with Gasteiger partial charge in [0.15, 0.2) is 0 Å². The summed E-state index contributed by atoms with van der Waals surface area (Å²) in [7, 11) is 0. The van der Waals surface area contributed by atoms with E-state index in [1.165, 1.54) is 159 Å². The predicted molar refractivity (Wildman–Crippen MR) is 179 cm³/mol. The van der Waals surface area contributed by atoms with E-state index in [4.69, 9.17) is 7.56 Å². The molecule has 0 aliphatic rings. The van der Waals surface area contributed by atoms with Crippen LogP contribution < -0.4 is 0 Å². The summed E-state index contributed by atoms with van der Waals surface area (Å²) in [5.74, 6) is 0. The van der Waals surface area contributed by atoms with Gasteiger partial charge in [0, 0.05) is 0 Å². The van der Waals surface area contributed by atoms with Crippen LogP contribution in [-0.4, -0.2) is 51.6 Å².